The minimum Gasteiger partial charge on any atom is -0.381 e. The Morgan fingerprint density at radius 3 is 2.11 bits per heavy atom. The number of nitrogens with one attached hydrogen (secondary N) is 1. The lowest BCUT2D eigenvalue weighted by molar-refractivity contribution is 1.11. The lowest BCUT2D eigenvalue weighted by Gasteiger charge is -2.12. The maximum absolute atomic E-state index is 3.60. The highest BCUT2D eigenvalue weighted by atomic mass is 79.9. The van der Waals surface area contributed by atoms with E-state index in [9.17, 15) is 0 Å². The van der Waals surface area contributed by atoms with E-state index in [-0.39, 0.29) is 0 Å². The van der Waals surface area contributed by atoms with E-state index in [1.165, 1.54) is 38.0 Å². The summed E-state index contributed by atoms with van der Waals surface area (Å²) in [6.45, 7) is 9.42. The van der Waals surface area contributed by atoms with Gasteiger partial charge in [0, 0.05) is 16.7 Å². The second kappa shape index (κ2) is 5.79. The average molecular weight is 318 g/mol. The van der Waals surface area contributed by atoms with Crippen LogP contribution in [0.5, 0.6) is 0 Å². The molecule has 0 aliphatic rings. The molecule has 100 valence electrons. The predicted octanol–water partition coefficient (Wildman–Crippen LogP) is 5.29. The summed E-state index contributed by atoms with van der Waals surface area (Å²) in [7, 11) is 0. The van der Waals surface area contributed by atoms with Crippen LogP contribution in [0.3, 0.4) is 0 Å². The number of hydrogen-bond donors (Lipinski definition) is 1. The Hall–Kier alpha value is -1.28. The summed E-state index contributed by atoms with van der Waals surface area (Å²) < 4.78 is 1.20. The molecular formula is C17H20BrN. The first-order valence-electron chi connectivity index (χ1n) is 6.54. The zero-order valence-electron chi connectivity index (χ0n) is 12.0. The lowest BCUT2D eigenvalue weighted by Crippen LogP contribution is -2.02. The van der Waals surface area contributed by atoms with E-state index in [1.807, 2.05) is 0 Å². The minimum atomic E-state index is 0.868. The van der Waals surface area contributed by atoms with Gasteiger partial charge < -0.3 is 5.32 Å². The van der Waals surface area contributed by atoms with Gasteiger partial charge in [0.2, 0.25) is 0 Å². The molecule has 0 unspecified atom stereocenters. The first kappa shape index (κ1) is 14.1. The Morgan fingerprint density at radius 2 is 1.53 bits per heavy atom. The highest BCUT2D eigenvalue weighted by molar-refractivity contribution is 9.10. The van der Waals surface area contributed by atoms with E-state index in [1.54, 1.807) is 0 Å². The molecule has 19 heavy (non-hydrogen) atoms. The molecule has 0 saturated heterocycles. The summed E-state index contributed by atoms with van der Waals surface area (Å²) in [5, 5.41) is 3.51. The molecule has 0 aromatic heterocycles. The summed E-state index contributed by atoms with van der Waals surface area (Å²) in [6.07, 6.45) is 0. The van der Waals surface area contributed by atoms with E-state index >= 15 is 0 Å². The number of anilines is 1. The number of halogens is 1. The van der Waals surface area contributed by atoms with Gasteiger partial charge in [-0.1, -0.05) is 39.7 Å². The maximum atomic E-state index is 3.60. The second-order valence-electron chi connectivity index (χ2n) is 5.21. The first-order chi connectivity index (χ1) is 8.97. The molecule has 0 radical (unpaired) electrons. The standard InChI is InChI=1S/C17H20BrN/c1-11-5-6-15(12(2)7-11)10-19-16-8-13(3)17(18)14(4)9-16/h5-9,19H,10H2,1-4H3. The topological polar surface area (TPSA) is 12.0 Å². The van der Waals surface area contributed by atoms with Crippen LogP contribution in [-0.2, 0) is 6.54 Å². The van der Waals surface area contributed by atoms with Crippen molar-refractivity contribution in [2.45, 2.75) is 34.2 Å². The normalized spacial score (nSPS) is 10.6. The molecule has 0 amide bonds. The molecule has 0 aliphatic carbocycles. The van der Waals surface area contributed by atoms with Gasteiger partial charge in [-0.05, 0) is 62.1 Å². The van der Waals surface area contributed by atoms with E-state index in [0.717, 1.165) is 6.54 Å². The fourth-order valence-electron chi connectivity index (χ4n) is 2.29. The number of rotatable bonds is 3. The van der Waals surface area contributed by atoms with Gasteiger partial charge in [-0.3, -0.25) is 0 Å². The van der Waals surface area contributed by atoms with E-state index in [2.05, 4.69) is 79.3 Å². The molecule has 0 saturated carbocycles. The number of aryl methyl sites for hydroxylation is 4. The molecule has 1 nitrogen and oxygen atoms in total. The van der Waals surface area contributed by atoms with Crippen molar-refractivity contribution in [2.24, 2.45) is 0 Å². The Morgan fingerprint density at radius 1 is 0.895 bits per heavy atom. The van der Waals surface area contributed by atoms with Crippen molar-refractivity contribution in [3.8, 4) is 0 Å². The van der Waals surface area contributed by atoms with Gasteiger partial charge in [0.05, 0.1) is 0 Å². The zero-order chi connectivity index (χ0) is 14.0. The van der Waals surface area contributed by atoms with Crippen molar-refractivity contribution in [3.05, 3.63) is 62.6 Å². The molecule has 2 aromatic carbocycles. The first-order valence-corrected chi connectivity index (χ1v) is 7.33. The van der Waals surface area contributed by atoms with E-state index < -0.39 is 0 Å². The third-order valence-electron chi connectivity index (χ3n) is 3.42. The summed E-state index contributed by atoms with van der Waals surface area (Å²) in [5.41, 5.74) is 7.72. The van der Waals surface area contributed by atoms with Gasteiger partial charge in [-0.15, -0.1) is 0 Å². The van der Waals surface area contributed by atoms with Crippen LogP contribution >= 0.6 is 15.9 Å². The molecule has 0 atom stereocenters. The number of benzene rings is 2. The molecule has 2 rings (SSSR count). The van der Waals surface area contributed by atoms with E-state index in [4.69, 9.17) is 0 Å². The zero-order valence-corrected chi connectivity index (χ0v) is 13.6. The summed E-state index contributed by atoms with van der Waals surface area (Å²) in [6, 6.07) is 11.0. The molecule has 2 aromatic rings. The van der Waals surface area contributed by atoms with Crippen molar-refractivity contribution in [2.75, 3.05) is 5.32 Å². The average Bonchev–Trinajstić information content (AvgIpc) is 2.34. The van der Waals surface area contributed by atoms with Crippen LogP contribution in [0.1, 0.15) is 27.8 Å². The van der Waals surface area contributed by atoms with Crippen molar-refractivity contribution in [1.82, 2.24) is 0 Å². The molecule has 0 aliphatic heterocycles. The molecule has 0 bridgehead atoms. The molecule has 1 N–H and O–H groups in total. The largest absolute Gasteiger partial charge is 0.381 e. The van der Waals surface area contributed by atoms with Crippen LogP contribution in [-0.4, -0.2) is 0 Å². The third kappa shape index (κ3) is 3.38. The fraction of sp³-hybridized carbons (Fsp3) is 0.294. The number of hydrogen-bond acceptors (Lipinski definition) is 1. The van der Waals surface area contributed by atoms with Crippen molar-refractivity contribution < 1.29 is 0 Å². The van der Waals surface area contributed by atoms with Crippen LogP contribution in [0, 0.1) is 27.7 Å². The van der Waals surface area contributed by atoms with Crippen molar-refractivity contribution in [1.29, 1.82) is 0 Å². The van der Waals surface area contributed by atoms with Crippen LogP contribution < -0.4 is 5.32 Å². The van der Waals surface area contributed by atoms with Gasteiger partial charge in [0.15, 0.2) is 0 Å². The van der Waals surface area contributed by atoms with Gasteiger partial charge in [0.1, 0.15) is 0 Å². The summed E-state index contributed by atoms with van der Waals surface area (Å²) in [5.74, 6) is 0. The predicted molar refractivity (Wildman–Crippen MR) is 86.9 cm³/mol. The minimum absolute atomic E-state index is 0.868. The second-order valence-corrected chi connectivity index (χ2v) is 6.00. The highest BCUT2D eigenvalue weighted by Gasteiger charge is 2.03. The smallest absolute Gasteiger partial charge is 0.0403 e. The van der Waals surface area contributed by atoms with Crippen LogP contribution in [0.15, 0.2) is 34.8 Å². The van der Waals surface area contributed by atoms with Crippen LogP contribution in [0.25, 0.3) is 0 Å². The maximum Gasteiger partial charge on any atom is 0.0403 e. The van der Waals surface area contributed by atoms with Crippen molar-refractivity contribution in [3.63, 3.8) is 0 Å². The van der Waals surface area contributed by atoms with Gasteiger partial charge in [0.25, 0.3) is 0 Å². The molecule has 2 heteroatoms. The Kier molecular flexibility index (Phi) is 4.31. The van der Waals surface area contributed by atoms with Crippen LogP contribution in [0.4, 0.5) is 5.69 Å². The van der Waals surface area contributed by atoms with E-state index in [0.29, 0.717) is 0 Å². The Labute approximate surface area is 124 Å². The Balaban J connectivity index is 2.14. The summed E-state index contributed by atoms with van der Waals surface area (Å²) >= 11 is 3.60. The lowest BCUT2D eigenvalue weighted by atomic mass is 10.1. The SMILES string of the molecule is Cc1ccc(CNc2cc(C)c(Br)c(C)c2)c(C)c1. The quantitative estimate of drug-likeness (QED) is 0.810. The van der Waals surface area contributed by atoms with Gasteiger partial charge in [-0.2, -0.15) is 0 Å². The fourth-order valence-corrected chi connectivity index (χ4v) is 2.52. The Bertz CT molecular complexity index is 579. The summed E-state index contributed by atoms with van der Waals surface area (Å²) in [4.78, 5) is 0. The molecule has 0 heterocycles. The molecular weight excluding hydrogens is 298 g/mol. The van der Waals surface area contributed by atoms with Crippen LogP contribution in [0.2, 0.25) is 0 Å². The van der Waals surface area contributed by atoms with Crippen molar-refractivity contribution >= 4 is 21.6 Å². The van der Waals surface area contributed by atoms with Gasteiger partial charge >= 0.3 is 0 Å². The monoisotopic (exact) mass is 317 g/mol. The molecule has 0 spiro atoms. The van der Waals surface area contributed by atoms with Gasteiger partial charge in [-0.25, -0.2) is 0 Å². The molecule has 0 fully saturated rings. The highest BCUT2D eigenvalue weighted by Crippen LogP contribution is 2.25. The third-order valence-corrected chi connectivity index (χ3v) is 4.67.